The van der Waals surface area contributed by atoms with Gasteiger partial charge in [-0.15, -0.1) is 0 Å². The van der Waals surface area contributed by atoms with Crippen LogP contribution in [0, 0.1) is 0 Å². The highest BCUT2D eigenvalue weighted by molar-refractivity contribution is 6.20. The molecule has 0 radical (unpaired) electrons. The number of aromatic nitrogens is 6. The molecule has 0 atom stereocenters. The van der Waals surface area contributed by atoms with Crippen LogP contribution in [0.3, 0.4) is 0 Å². The zero-order valence-corrected chi connectivity index (χ0v) is 32.3. The first-order valence-electron chi connectivity index (χ1n) is 20.3. The lowest BCUT2D eigenvalue weighted by Crippen LogP contribution is -1.96. The zero-order chi connectivity index (χ0) is 39.3. The molecular formula is C54H34N6. The molecule has 13 rings (SSSR count). The van der Waals surface area contributed by atoms with Gasteiger partial charge in [0.05, 0.1) is 56.9 Å². The van der Waals surface area contributed by atoms with Crippen molar-refractivity contribution in [2.45, 2.75) is 0 Å². The van der Waals surface area contributed by atoms with Crippen molar-refractivity contribution in [3.05, 3.63) is 207 Å². The zero-order valence-electron chi connectivity index (χ0n) is 32.3. The quantitative estimate of drug-likeness (QED) is 0.175. The lowest BCUT2D eigenvalue weighted by molar-refractivity contribution is 0.911. The van der Waals surface area contributed by atoms with Crippen LogP contribution in [0.2, 0.25) is 0 Å². The third-order valence-electron chi connectivity index (χ3n) is 12.3. The monoisotopic (exact) mass is 766 g/mol. The molecule has 0 aliphatic carbocycles. The summed E-state index contributed by atoms with van der Waals surface area (Å²) >= 11 is 0. The normalized spacial score (nSPS) is 12.0. The van der Waals surface area contributed by atoms with Crippen molar-refractivity contribution < 1.29 is 0 Å². The minimum Gasteiger partial charge on any atom is -0.309 e. The van der Waals surface area contributed by atoms with E-state index in [9.17, 15) is 0 Å². The van der Waals surface area contributed by atoms with Gasteiger partial charge in [-0.05, 0) is 119 Å². The third kappa shape index (κ3) is 4.76. The van der Waals surface area contributed by atoms with Gasteiger partial charge in [0, 0.05) is 43.7 Å². The van der Waals surface area contributed by atoms with Gasteiger partial charge in [0.15, 0.2) is 0 Å². The Morgan fingerprint density at radius 3 is 1.27 bits per heavy atom. The van der Waals surface area contributed by atoms with Crippen molar-refractivity contribution in [2.24, 2.45) is 0 Å². The summed E-state index contributed by atoms with van der Waals surface area (Å²) in [5, 5.41) is 19.3. The maximum Gasteiger partial charge on any atom is 0.0762 e. The third-order valence-corrected chi connectivity index (χ3v) is 12.3. The lowest BCUT2D eigenvalue weighted by Gasteiger charge is -2.11. The molecule has 4 aromatic heterocycles. The topological polar surface area (TPSA) is 45.5 Å². The fourth-order valence-corrected chi connectivity index (χ4v) is 9.56. The Labute approximate surface area is 344 Å². The molecule has 0 amide bonds. The minimum atomic E-state index is 1.04. The van der Waals surface area contributed by atoms with Crippen molar-refractivity contribution in [1.29, 1.82) is 0 Å². The molecule has 0 aliphatic heterocycles. The van der Waals surface area contributed by atoms with Gasteiger partial charge in [0.25, 0.3) is 0 Å². The van der Waals surface area contributed by atoms with Crippen LogP contribution in [0.1, 0.15) is 0 Å². The number of nitrogens with zero attached hydrogens (tertiary/aromatic N) is 6. The first kappa shape index (κ1) is 32.8. The molecule has 0 saturated heterocycles. The van der Waals surface area contributed by atoms with Crippen LogP contribution >= 0.6 is 0 Å². The van der Waals surface area contributed by atoms with Gasteiger partial charge in [0.2, 0.25) is 0 Å². The molecule has 0 bridgehead atoms. The molecule has 6 nitrogen and oxygen atoms in total. The fourth-order valence-electron chi connectivity index (χ4n) is 9.56. The number of benzene rings is 9. The van der Waals surface area contributed by atoms with Crippen LogP contribution in [0.25, 0.3) is 110 Å². The van der Waals surface area contributed by atoms with Gasteiger partial charge in [-0.3, -0.25) is 0 Å². The molecule has 60 heavy (non-hydrogen) atoms. The van der Waals surface area contributed by atoms with E-state index in [1.54, 1.807) is 0 Å². The van der Waals surface area contributed by atoms with Crippen molar-refractivity contribution in [1.82, 2.24) is 28.7 Å². The van der Waals surface area contributed by atoms with Gasteiger partial charge >= 0.3 is 0 Å². The molecular weight excluding hydrogens is 733 g/mol. The van der Waals surface area contributed by atoms with Crippen molar-refractivity contribution in [2.75, 3.05) is 0 Å². The SMILES string of the molecule is c1ccc(-n2ncc3c2ccc2c4cc(-c5ccc6c(c5)c5ccc7c(cnn7-c7ccccc7)c5n6-c5ccc6ccccc6c5)ccc4n(-c4ccccc4)c23)cc1. The summed E-state index contributed by atoms with van der Waals surface area (Å²) in [6.45, 7) is 0. The number of rotatable bonds is 5. The smallest absolute Gasteiger partial charge is 0.0762 e. The summed E-state index contributed by atoms with van der Waals surface area (Å²) in [5.41, 5.74) is 13.4. The lowest BCUT2D eigenvalue weighted by atomic mass is 10.00. The minimum absolute atomic E-state index is 1.04. The van der Waals surface area contributed by atoms with Crippen LogP contribution < -0.4 is 0 Å². The molecule has 6 heteroatoms. The molecule has 0 aliphatic rings. The highest BCUT2D eigenvalue weighted by atomic mass is 15.3. The molecule has 0 spiro atoms. The Bertz CT molecular complexity index is 3810. The van der Waals surface area contributed by atoms with Crippen molar-refractivity contribution in [3.63, 3.8) is 0 Å². The molecule has 0 fully saturated rings. The molecule has 0 saturated carbocycles. The Balaban J connectivity index is 1.04. The molecule has 4 heterocycles. The maximum atomic E-state index is 4.95. The molecule has 9 aromatic carbocycles. The predicted octanol–water partition coefficient (Wildman–Crippen LogP) is 13.4. The van der Waals surface area contributed by atoms with Gasteiger partial charge in [0.1, 0.15) is 0 Å². The predicted molar refractivity (Wildman–Crippen MR) is 247 cm³/mol. The van der Waals surface area contributed by atoms with E-state index in [2.05, 4.69) is 191 Å². The van der Waals surface area contributed by atoms with Crippen LogP contribution in [-0.4, -0.2) is 28.7 Å². The summed E-state index contributed by atoms with van der Waals surface area (Å²) in [5.74, 6) is 0. The highest BCUT2D eigenvalue weighted by Gasteiger charge is 2.21. The Hall–Kier alpha value is -8.22. The van der Waals surface area contributed by atoms with E-state index in [4.69, 9.17) is 10.2 Å². The summed E-state index contributed by atoms with van der Waals surface area (Å²) < 4.78 is 8.91. The molecule has 280 valence electrons. The van der Waals surface area contributed by atoms with E-state index in [1.165, 1.54) is 43.4 Å². The van der Waals surface area contributed by atoms with Crippen LogP contribution in [0.15, 0.2) is 207 Å². The first-order chi connectivity index (χ1) is 29.8. The second-order valence-corrected chi connectivity index (χ2v) is 15.6. The van der Waals surface area contributed by atoms with E-state index in [-0.39, 0.29) is 0 Å². The summed E-state index contributed by atoms with van der Waals surface area (Å²) in [4.78, 5) is 0. The van der Waals surface area contributed by atoms with E-state index in [1.807, 2.05) is 33.9 Å². The molecule has 0 unspecified atom stereocenters. The van der Waals surface area contributed by atoms with Crippen LogP contribution in [0.4, 0.5) is 0 Å². The Kier molecular flexibility index (Phi) is 6.91. The number of hydrogen-bond donors (Lipinski definition) is 0. The van der Waals surface area contributed by atoms with Gasteiger partial charge < -0.3 is 9.13 Å². The number of para-hydroxylation sites is 3. The summed E-state index contributed by atoms with van der Waals surface area (Å²) in [6, 6.07) is 69.6. The average molecular weight is 767 g/mol. The highest BCUT2D eigenvalue weighted by Crippen LogP contribution is 2.42. The second-order valence-electron chi connectivity index (χ2n) is 15.6. The average Bonchev–Trinajstić information content (AvgIpc) is 4.10. The van der Waals surface area contributed by atoms with E-state index in [0.717, 1.165) is 66.6 Å². The van der Waals surface area contributed by atoms with Crippen LogP contribution in [-0.2, 0) is 0 Å². The van der Waals surface area contributed by atoms with Crippen molar-refractivity contribution in [3.8, 4) is 33.9 Å². The van der Waals surface area contributed by atoms with Gasteiger partial charge in [-0.2, -0.15) is 10.2 Å². The Morgan fingerprint density at radius 1 is 0.283 bits per heavy atom. The maximum absolute atomic E-state index is 4.95. The van der Waals surface area contributed by atoms with Gasteiger partial charge in [-0.1, -0.05) is 97.1 Å². The van der Waals surface area contributed by atoms with E-state index < -0.39 is 0 Å². The molecule has 0 N–H and O–H groups in total. The van der Waals surface area contributed by atoms with Crippen molar-refractivity contribution >= 4 is 76.2 Å². The van der Waals surface area contributed by atoms with Crippen LogP contribution in [0.5, 0.6) is 0 Å². The first-order valence-corrected chi connectivity index (χ1v) is 20.3. The largest absolute Gasteiger partial charge is 0.309 e. The van der Waals surface area contributed by atoms with Gasteiger partial charge in [-0.25, -0.2) is 9.36 Å². The standard InChI is InChI=1S/C54H34N6/c1-4-14-39(15-5-1)57-49-26-21-37(31-45(49)43-24-28-51-47(53(43)57)33-55-59(51)40-16-6-2-7-17-40)38-22-27-50-46(32-38)44-25-29-52-48(34-56-60(52)41-18-8-3-9-19-41)54(44)58(50)42-23-20-35-12-10-11-13-36(35)30-42/h1-34H. The number of fused-ring (bicyclic) bond motifs is 11. The fraction of sp³-hybridized carbons (Fsp3) is 0. The Morgan fingerprint density at radius 2 is 0.733 bits per heavy atom. The number of hydrogen-bond acceptors (Lipinski definition) is 2. The van der Waals surface area contributed by atoms with E-state index >= 15 is 0 Å². The van der Waals surface area contributed by atoms with E-state index in [0.29, 0.717) is 0 Å². The summed E-state index contributed by atoms with van der Waals surface area (Å²) in [7, 11) is 0. The second kappa shape index (κ2) is 12.6. The summed E-state index contributed by atoms with van der Waals surface area (Å²) in [6.07, 6.45) is 4.04. The molecule has 13 aromatic rings.